The molecule has 0 aliphatic rings. The second-order valence-corrected chi connectivity index (χ2v) is 3.65. The Morgan fingerprint density at radius 2 is 2.00 bits per heavy atom. The molecule has 106 valence electrons. The molecule has 0 aromatic heterocycles. The highest BCUT2D eigenvalue weighted by atomic mass is 19.1. The minimum absolute atomic E-state index is 0.345. The number of carbonyl (C=O) groups is 2. The number of rotatable bonds is 4. The van der Waals surface area contributed by atoms with Gasteiger partial charge in [0.1, 0.15) is 5.82 Å². The van der Waals surface area contributed by atoms with Crippen LogP contribution in [0.4, 0.5) is 4.39 Å². The van der Waals surface area contributed by atoms with Crippen molar-refractivity contribution in [3.8, 4) is 0 Å². The smallest absolute Gasteiger partial charge is 0.423 e. The van der Waals surface area contributed by atoms with Crippen LogP contribution in [0.5, 0.6) is 0 Å². The van der Waals surface area contributed by atoms with E-state index in [0.717, 1.165) is 32.4 Å². The van der Waals surface area contributed by atoms with Gasteiger partial charge in [-0.25, -0.2) is 14.0 Å². The fourth-order valence-corrected chi connectivity index (χ4v) is 1.57. The summed E-state index contributed by atoms with van der Waals surface area (Å²) in [4.78, 5) is 25.8. The maximum atomic E-state index is 13.2. The van der Waals surface area contributed by atoms with Crippen LogP contribution in [0.1, 0.15) is 5.56 Å². The molecule has 20 heavy (non-hydrogen) atoms. The molecular formula is C12H11FN2O5. The third-order valence-electron chi connectivity index (χ3n) is 2.54. The van der Waals surface area contributed by atoms with Crippen molar-refractivity contribution in [1.82, 2.24) is 0 Å². The molecule has 0 aliphatic carbocycles. The lowest BCUT2D eigenvalue weighted by atomic mass is 9.88. The number of ether oxygens (including phenoxy) is 2. The molecule has 1 aromatic rings. The third kappa shape index (κ3) is 2.56. The van der Waals surface area contributed by atoms with Gasteiger partial charge in [-0.15, -0.1) is 0 Å². The first kappa shape index (κ1) is 15.5. The molecule has 0 heterocycles. The van der Waals surface area contributed by atoms with E-state index < -0.39 is 29.1 Å². The Kier molecular flexibility index (Phi) is 4.68. The molecule has 0 radical (unpaired) electrons. The molecule has 0 bridgehead atoms. The lowest BCUT2D eigenvalue weighted by Crippen LogP contribution is -2.49. The van der Waals surface area contributed by atoms with Gasteiger partial charge in [-0.2, -0.15) is 4.79 Å². The first-order valence-corrected chi connectivity index (χ1v) is 5.29. The van der Waals surface area contributed by atoms with Gasteiger partial charge >= 0.3 is 17.7 Å². The van der Waals surface area contributed by atoms with Crippen LogP contribution in [0.25, 0.3) is 5.53 Å². The van der Waals surface area contributed by atoms with Crippen molar-refractivity contribution >= 4 is 17.7 Å². The van der Waals surface area contributed by atoms with Gasteiger partial charge in [0.25, 0.3) is 5.60 Å². The first-order valence-electron chi connectivity index (χ1n) is 5.29. The van der Waals surface area contributed by atoms with Gasteiger partial charge < -0.3 is 20.1 Å². The molecule has 1 aromatic carbocycles. The van der Waals surface area contributed by atoms with Crippen LogP contribution in [0.15, 0.2) is 24.3 Å². The lowest BCUT2D eigenvalue weighted by Gasteiger charge is -2.20. The Hall–Kier alpha value is -2.57. The molecule has 8 heteroatoms. The Morgan fingerprint density at radius 1 is 1.35 bits per heavy atom. The number of aliphatic hydroxyl groups is 1. The van der Waals surface area contributed by atoms with Crippen molar-refractivity contribution in [2.24, 2.45) is 0 Å². The number of nitrogens with zero attached hydrogens (tertiary/aromatic N) is 2. The molecule has 0 fully saturated rings. The summed E-state index contributed by atoms with van der Waals surface area (Å²) in [6.45, 7) is 0. The van der Waals surface area contributed by atoms with E-state index >= 15 is 0 Å². The molecule has 0 saturated heterocycles. The third-order valence-corrected chi connectivity index (χ3v) is 2.54. The molecule has 0 unspecified atom stereocenters. The SMILES string of the molecule is COC(=O)C(=[N+]=[N-])[C@@](O)(C(=O)OC)c1cccc(F)c1. The standard InChI is InChI=1S/C12H11FN2O5/c1-19-10(16)9(15-14)12(18,11(17)20-2)7-4-3-5-8(13)6-7/h3-6,18H,1-2H3/t12-/m1/s1. The predicted octanol–water partition coefficient (Wildman–Crippen LogP) is 0.0301. The highest BCUT2D eigenvalue weighted by Gasteiger charge is 2.55. The monoisotopic (exact) mass is 282 g/mol. The van der Waals surface area contributed by atoms with Gasteiger partial charge in [-0.3, -0.25) is 0 Å². The minimum atomic E-state index is -2.79. The van der Waals surface area contributed by atoms with Crippen molar-refractivity contribution < 1.29 is 33.3 Å². The number of hydrogen-bond donors (Lipinski definition) is 1. The number of halogens is 1. The molecular weight excluding hydrogens is 271 g/mol. The average molecular weight is 282 g/mol. The van der Waals surface area contributed by atoms with Crippen LogP contribution in [0.2, 0.25) is 0 Å². The van der Waals surface area contributed by atoms with E-state index in [-0.39, 0.29) is 5.56 Å². The van der Waals surface area contributed by atoms with Crippen molar-refractivity contribution in [2.75, 3.05) is 14.2 Å². The van der Waals surface area contributed by atoms with Gasteiger partial charge in [0, 0.05) is 5.56 Å². The number of benzene rings is 1. The summed E-state index contributed by atoms with van der Waals surface area (Å²) in [7, 11) is 1.90. The second kappa shape index (κ2) is 6.05. The fraction of sp³-hybridized carbons (Fsp3) is 0.250. The van der Waals surface area contributed by atoms with E-state index in [2.05, 4.69) is 14.3 Å². The normalized spacial score (nSPS) is 12.8. The van der Waals surface area contributed by atoms with E-state index in [0.29, 0.717) is 0 Å². The second-order valence-electron chi connectivity index (χ2n) is 3.65. The maximum absolute atomic E-state index is 13.2. The van der Waals surface area contributed by atoms with Crippen molar-refractivity contribution in [2.45, 2.75) is 5.60 Å². The number of hydrogen-bond acceptors (Lipinski definition) is 5. The topological polar surface area (TPSA) is 109 Å². The maximum Gasteiger partial charge on any atom is 0.423 e. The van der Waals surface area contributed by atoms with E-state index in [1.807, 2.05) is 0 Å². The van der Waals surface area contributed by atoms with Crippen LogP contribution in [-0.2, 0) is 24.7 Å². The van der Waals surface area contributed by atoms with Gasteiger partial charge in [-0.05, 0) is 12.1 Å². The average Bonchev–Trinajstić information content (AvgIpc) is 2.46. The van der Waals surface area contributed by atoms with Crippen LogP contribution >= 0.6 is 0 Å². The first-order chi connectivity index (χ1) is 9.41. The zero-order valence-electron chi connectivity index (χ0n) is 10.7. The van der Waals surface area contributed by atoms with Crippen molar-refractivity contribution in [3.05, 3.63) is 41.2 Å². The van der Waals surface area contributed by atoms with E-state index in [1.54, 1.807) is 0 Å². The Labute approximate surface area is 113 Å². The van der Waals surface area contributed by atoms with Crippen LogP contribution in [0, 0.1) is 5.82 Å². The van der Waals surface area contributed by atoms with Gasteiger partial charge in [0.15, 0.2) is 0 Å². The van der Waals surface area contributed by atoms with Crippen LogP contribution < -0.4 is 0 Å². The summed E-state index contributed by atoms with van der Waals surface area (Å²) in [5.74, 6) is -3.38. The molecule has 7 nitrogen and oxygen atoms in total. The Bertz CT molecular complexity index is 597. The minimum Gasteiger partial charge on any atom is -0.466 e. The summed E-state index contributed by atoms with van der Waals surface area (Å²) in [5.41, 5.74) is 4.68. The van der Waals surface area contributed by atoms with Crippen LogP contribution in [0.3, 0.4) is 0 Å². The Balaban J connectivity index is 3.56. The summed E-state index contributed by atoms with van der Waals surface area (Å²) < 4.78 is 21.9. The highest BCUT2D eigenvalue weighted by molar-refractivity contribution is 6.41. The number of methoxy groups -OCH3 is 2. The quantitative estimate of drug-likeness (QED) is 0.362. The summed E-state index contributed by atoms with van der Waals surface area (Å²) in [6.07, 6.45) is 0. The zero-order valence-corrected chi connectivity index (χ0v) is 10.7. The number of esters is 2. The van der Waals surface area contributed by atoms with Crippen molar-refractivity contribution in [1.29, 1.82) is 0 Å². The van der Waals surface area contributed by atoms with Crippen LogP contribution in [-0.4, -0.2) is 41.8 Å². The highest BCUT2D eigenvalue weighted by Crippen LogP contribution is 2.25. The molecule has 1 atom stereocenters. The molecule has 0 saturated carbocycles. The predicted molar refractivity (Wildman–Crippen MR) is 63.0 cm³/mol. The summed E-state index contributed by atoms with van der Waals surface area (Å²) in [6, 6.07) is 4.22. The molecule has 0 amide bonds. The van der Waals surface area contributed by atoms with E-state index in [1.165, 1.54) is 6.07 Å². The van der Waals surface area contributed by atoms with Gasteiger partial charge in [0.2, 0.25) is 0 Å². The molecule has 0 spiro atoms. The molecule has 1 N–H and O–H groups in total. The fourth-order valence-electron chi connectivity index (χ4n) is 1.57. The number of carbonyl (C=O) groups excluding carboxylic acids is 2. The zero-order chi connectivity index (χ0) is 15.3. The molecule has 0 aliphatic heterocycles. The lowest BCUT2D eigenvalue weighted by molar-refractivity contribution is -0.163. The van der Waals surface area contributed by atoms with E-state index in [4.69, 9.17) is 5.53 Å². The summed E-state index contributed by atoms with van der Waals surface area (Å²) >= 11 is 0. The largest absolute Gasteiger partial charge is 0.466 e. The van der Waals surface area contributed by atoms with Gasteiger partial charge in [-0.1, -0.05) is 12.1 Å². The van der Waals surface area contributed by atoms with Gasteiger partial charge in [0.05, 0.1) is 14.2 Å². The Morgan fingerprint density at radius 3 is 2.45 bits per heavy atom. The van der Waals surface area contributed by atoms with Crippen molar-refractivity contribution in [3.63, 3.8) is 0 Å². The van der Waals surface area contributed by atoms with E-state index in [9.17, 15) is 19.1 Å². The summed E-state index contributed by atoms with van der Waals surface area (Å²) in [5, 5.41) is 10.4. The molecule has 1 rings (SSSR count).